The summed E-state index contributed by atoms with van der Waals surface area (Å²) >= 11 is 0. The lowest BCUT2D eigenvalue weighted by Crippen LogP contribution is -2.42. The summed E-state index contributed by atoms with van der Waals surface area (Å²) in [5.74, 6) is 0.588. The van der Waals surface area contributed by atoms with E-state index >= 15 is 0 Å². The number of nitrogens with zero attached hydrogens (tertiary/aromatic N) is 2. The molecule has 1 aliphatic carbocycles. The Morgan fingerprint density at radius 3 is 2.39 bits per heavy atom. The van der Waals surface area contributed by atoms with Crippen molar-refractivity contribution in [3.05, 3.63) is 101 Å². The highest BCUT2D eigenvalue weighted by Crippen LogP contribution is 2.38. The van der Waals surface area contributed by atoms with Crippen molar-refractivity contribution in [1.29, 1.82) is 10.8 Å². The summed E-state index contributed by atoms with van der Waals surface area (Å²) in [5.41, 5.74) is 16.0. The zero-order chi connectivity index (χ0) is 29.7. The van der Waals surface area contributed by atoms with E-state index < -0.39 is 0 Å². The number of amides is 2. The second-order valence-corrected chi connectivity index (χ2v) is 11.2. The average Bonchev–Trinajstić information content (AvgIpc) is 2.91. The Labute approximate surface area is 240 Å². The molecule has 2 atom stereocenters. The van der Waals surface area contributed by atoms with Gasteiger partial charge in [0.1, 0.15) is 23.2 Å². The maximum Gasteiger partial charge on any atom is 0.320 e. The van der Waals surface area contributed by atoms with Crippen LogP contribution in [-0.4, -0.2) is 22.4 Å². The van der Waals surface area contributed by atoms with Crippen molar-refractivity contribution in [3.8, 4) is 5.75 Å². The van der Waals surface area contributed by atoms with Gasteiger partial charge in [0.2, 0.25) is 0 Å². The summed E-state index contributed by atoms with van der Waals surface area (Å²) in [7, 11) is 0. The van der Waals surface area contributed by atoms with Crippen LogP contribution in [0.4, 0.5) is 10.5 Å². The van der Waals surface area contributed by atoms with E-state index in [0.29, 0.717) is 35.8 Å². The molecular weight excluding hydrogens is 516 g/mol. The summed E-state index contributed by atoms with van der Waals surface area (Å²) in [6, 6.07) is 18.2. The molecule has 1 aliphatic rings. The maximum atomic E-state index is 13.3. The number of aromatic nitrogens is 1. The molecule has 8 N–H and O–H groups in total. The van der Waals surface area contributed by atoms with Gasteiger partial charge in [-0.25, -0.2) is 9.79 Å². The van der Waals surface area contributed by atoms with Gasteiger partial charge in [-0.1, -0.05) is 62.7 Å². The third-order valence-corrected chi connectivity index (χ3v) is 6.88. The SMILES string of the molecule is Cc1ccc(N=C(/C=C(\N)C(C)(C)C)NC(=O)NC2CCC(Oc3ccc(=N)n(C(=N)N)c3)c3ccccc32)cc1. The molecule has 41 heavy (non-hydrogen) atoms. The van der Waals surface area contributed by atoms with Crippen molar-refractivity contribution in [1.82, 2.24) is 15.2 Å². The number of nitrogen functional groups attached to an aromatic ring is 1. The lowest BCUT2D eigenvalue weighted by Gasteiger charge is -2.32. The van der Waals surface area contributed by atoms with Crippen molar-refractivity contribution in [2.45, 2.75) is 52.7 Å². The molecule has 0 bridgehead atoms. The second-order valence-electron chi connectivity index (χ2n) is 11.2. The number of urea groups is 1. The van der Waals surface area contributed by atoms with Crippen LogP contribution in [0.1, 0.15) is 62.4 Å². The van der Waals surface area contributed by atoms with Crippen LogP contribution >= 0.6 is 0 Å². The van der Waals surface area contributed by atoms with Gasteiger partial charge in [0, 0.05) is 17.2 Å². The van der Waals surface area contributed by atoms with Crippen molar-refractivity contribution in [3.63, 3.8) is 0 Å². The molecule has 214 valence electrons. The molecule has 0 aliphatic heterocycles. The van der Waals surface area contributed by atoms with Crippen LogP contribution in [0, 0.1) is 23.2 Å². The average molecular weight is 555 g/mol. The van der Waals surface area contributed by atoms with Crippen molar-refractivity contribution in [2.75, 3.05) is 0 Å². The molecular formula is C31H38N8O2. The number of fused-ring (bicyclic) bond motifs is 1. The fourth-order valence-corrected chi connectivity index (χ4v) is 4.47. The van der Waals surface area contributed by atoms with E-state index in [1.54, 1.807) is 12.1 Å². The van der Waals surface area contributed by atoms with E-state index in [9.17, 15) is 4.79 Å². The highest BCUT2D eigenvalue weighted by Gasteiger charge is 2.29. The molecule has 4 rings (SSSR count). The molecule has 3 aromatic rings. The number of carbonyl (C=O) groups excluding carboxylic acids is 1. The predicted molar refractivity (Wildman–Crippen MR) is 161 cm³/mol. The smallest absolute Gasteiger partial charge is 0.320 e. The van der Waals surface area contributed by atoms with E-state index in [2.05, 4.69) is 15.6 Å². The Hall–Kier alpha value is -4.86. The lowest BCUT2D eigenvalue weighted by atomic mass is 9.85. The van der Waals surface area contributed by atoms with E-state index in [1.807, 2.05) is 76.2 Å². The lowest BCUT2D eigenvalue weighted by molar-refractivity contribution is 0.171. The molecule has 0 saturated heterocycles. The molecule has 2 unspecified atom stereocenters. The van der Waals surface area contributed by atoms with E-state index in [4.69, 9.17) is 27.0 Å². The second kappa shape index (κ2) is 12.1. The molecule has 2 aromatic carbocycles. The van der Waals surface area contributed by atoms with Crippen molar-refractivity contribution in [2.24, 2.45) is 21.9 Å². The van der Waals surface area contributed by atoms with Gasteiger partial charge in [0.25, 0.3) is 0 Å². The van der Waals surface area contributed by atoms with Crippen LogP contribution < -0.4 is 32.3 Å². The minimum atomic E-state index is -0.387. The number of rotatable bonds is 5. The Balaban J connectivity index is 1.53. The van der Waals surface area contributed by atoms with Gasteiger partial charge in [0.05, 0.1) is 17.9 Å². The number of aliphatic imine (C=N–C) groups is 1. The van der Waals surface area contributed by atoms with Crippen LogP contribution in [-0.2, 0) is 0 Å². The van der Waals surface area contributed by atoms with Gasteiger partial charge in [-0.2, -0.15) is 0 Å². The highest BCUT2D eigenvalue weighted by atomic mass is 16.5. The molecule has 10 heteroatoms. The van der Waals surface area contributed by atoms with Gasteiger partial charge >= 0.3 is 6.03 Å². The quantitative estimate of drug-likeness (QED) is 0.195. The maximum absolute atomic E-state index is 13.3. The molecule has 0 saturated carbocycles. The first kappa shape index (κ1) is 29.1. The molecule has 0 spiro atoms. The zero-order valence-corrected chi connectivity index (χ0v) is 23.9. The first-order valence-corrected chi connectivity index (χ1v) is 13.5. The van der Waals surface area contributed by atoms with E-state index in [-0.39, 0.29) is 35.0 Å². The Bertz CT molecular complexity index is 1550. The number of nitrogens with one attached hydrogen (secondary N) is 4. The topological polar surface area (TPSA) is 167 Å². The standard InChI is InChI=1S/C31H38N8O2/c1-19-9-11-20(12-10-19)36-28(17-26(32)31(2,3)4)38-30(40)37-24-14-15-25(23-8-6-5-7-22(23)24)41-21-13-16-27(33)39(18-21)29(34)35/h5-13,16-18,24-25,33H,14-15,32H2,1-4H3,(H3,34,35)(H2,36,37,38,40)/b26-17-,33-27?. The van der Waals surface area contributed by atoms with Crippen LogP contribution in [0.3, 0.4) is 0 Å². The fraction of sp³-hybridized carbons (Fsp3) is 0.290. The van der Waals surface area contributed by atoms with Gasteiger partial charge < -0.3 is 21.5 Å². The molecule has 10 nitrogen and oxygen atoms in total. The van der Waals surface area contributed by atoms with E-state index in [1.165, 1.54) is 16.8 Å². The molecule has 1 aromatic heterocycles. The molecule has 1 heterocycles. The normalized spacial score (nSPS) is 17.4. The summed E-state index contributed by atoms with van der Waals surface area (Å²) < 4.78 is 7.52. The zero-order valence-electron chi connectivity index (χ0n) is 23.9. The van der Waals surface area contributed by atoms with E-state index in [0.717, 1.165) is 16.7 Å². The number of allylic oxidation sites excluding steroid dienone is 1. The Morgan fingerprint density at radius 1 is 1.05 bits per heavy atom. The number of nitrogens with two attached hydrogens (primary N) is 2. The highest BCUT2D eigenvalue weighted by molar-refractivity contribution is 6.05. The first-order chi connectivity index (χ1) is 19.4. The van der Waals surface area contributed by atoms with Crippen LogP contribution in [0.5, 0.6) is 5.75 Å². The monoisotopic (exact) mass is 554 g/mol. The number of pyridine rings is 1. The predicted octanol–water partition coefficient (Wildman–Crippen LogP) is 4.89. The van der Waals surface area contributed by atoms with Crippen LogP contribution in [0.2, 0.25) is 0 Å². The van der Waals surface area contributed by atoms with Crippen LogP contribution in [0.15, 0.2) is 83.6 Å². The Kier molecular flexibility index (Phi) is 8.61. The van der Waals surface area contributed by atoms with Gasteiger partial charge in [-0.3, -0.25) is 20.7 Å². The number of benzene rings is 2. The number of ether oxygens (including phenoxy) is 1. The molecule has 0 fully saturated rings. The van der Waals surface area contributed by atoms with Gasteiger partial charge in [-0.05, 0) is 55.2 Å². The third-order valence-electron chi connectivity index (χ3n) is 6.88. The van der Waals surface area contributed by atoms with Crippen molar-refractivity contribution >= 4 is 23.5 Å². The number of carbonyl (C=O) groups is 1. The molecule has 2 amide bonds. The van der Waals surface area contributed by atoms with Gasteiger partial charge in [-0.15, -0.1) is 0 Å². The van der Waals surface area contributed by atoms with Crippen molar-refractivity contribution < 1.29 is 9.53 Å². The third kappa shape index (κ3) is 7.42. The first-order valence-electron chi connectivity index (χ1n) is 13.5. The minimum absolute atomic E-state index is 0.0913. The van der Waals surface area contributed by atoms with Crippen LogP contribution in [0.25, 0.3) is 0 Å². The fourth-order valence-electron chi connectivity index (χ4n) is 4.47. The number of hydrogen-bond acceptors (Lipinski definition) is 6. The number of amidine groups is 1. The Morgan fingerprint density at radius 2 is 1.73 bits per heavy atom. The summed E-state index contributed by atoms with van der Waals surface area (Å²) in [5, 5.41) is 21.6. The summed E-state index contributed by atoms with van der Waals surface area (Å²) in [4.78, 5) is 17.9. The van der Waals surface area contributed by atoms with Gasteiger partial charge in [0.15, 0.2) is 5.96 Å². The molecule has 0 radical (unpaired) electrons. The summed E-state index contributed by atoms with van der Waals surface area (Å²) in [6.45, 7) is 8.01. The number of hydrogen-bond donors (Lipinski definition) is 6. The largest absolute Gasteiger partial charge is 0.484 e. The summed E-state index contributed by atoms with van der Waals surface area (Å²) in [6.07, 6.45) is 4.26. The number of aryl methyl sites for hydroxylation is 1. The minimum Gasteiger partial charge on any atom is -0.484 e.